The highest BCUT2D eigenvalue weighted by Crippen LogP contribution is 2.36. The summed E-state index contributed by atoms with van der Waals surface area (Å²) in [5.41, 5.74) is 3.77. The summed E-state index contributed by atoms with van der Waals surface area (Å²) >= 11 is 0. The number of aliphatic hydroxyl groups excluding tert-OH is 1. The molecule has 26 heavy (non-hydrogen) atoms. The fourth-order valence-corrected chi connectivity index (χ4v) is 4.02. The highest BCUT2D eigenvalue weighted by atomic mass is 32.2. The van der Waals surface area contributed by atoms with E-state index in [0.717, 1.165) is 34.5 Å². The van der Waals surface area contributed by atoms with E-state index in [1.54, 1.807) is 26.2 Å². The molecule has 0 saturated heterocycles. The number of fused-ring (bicyclic) bond motifs is 1. The van der Waals surface area contributed by atoms with Crippen LogP contribution in [0.1, 0.15) is 36.6 Å². The number of hydrogen-bond donors (Lipinski definition) is 2. The first kappa shape index (κ1) is 18.7. The van der Waals surface area contributed by atoms with Gasteiger partial charge in [-0.05, 0) is 61.7 Å². The molecule has 1 aliphatic rings. The Morgan fingerprint density at radius 3 is 2.65 bits per heavy atom. The predicted octanol–water partition coefficient (Wildman–Crippen LogP) is 2.35. The maximum atomic E-state index is 11.6. The summed E-state index contributed by atoms with van der Waals surface area (Å²) in [5, 5.41) is 15.1. The van der Waals surface area contributed by atoms with Crippen molar-refractivity contribution >= 4 is 15.7 Å². The minimum Gasteiger partial charge on any atom is -0.496 e. The number of sulfonamides is 1. The monoisotopic (exact) mass is 376 g/mol. The van der Waals surface area contributed by atoms with Gasteiger partial charge < -0.3 is 14.7 Å². The Bertz CT molecular complexity index is 925. The molecular formula is C19H24N2O4S. The number of ether oxygens (including phenoxy) is 1. The molecule has 0 radical (unpaired) electrons. The van der Waals surface area contributed by atoms with E-state index in [1.807, 2.05) is 24.3 Å². The van der Waals surface area contributed by atoms with Crippen LogP contribution in [0, 0.1) is 0 Å². The topological polar surface area (TPSA) is 92.9 Å². The summed E-state index contributed by atoms with van der Waals surface area (Å²) in [6.07, 6.45) is 0.192. The van der Waals surface area contributed by atoms with Gasteiger partial charge in [-0.2, -0.15) is 0 Å². The van der Waals surface area contributed by atoms with E-state index >= 15 is 0 Å². The zero-order chi connectivity index (χ0) is 19.1. The second kappa shape index (κ2) is 6.90. The van der Waals surface area contributed by atoms with Crippen LogP contribution < -0.4 is 14.8 Å². The lowest BCUT2D eigenvalue weighted by Crippen LogP contribution is -2.28. The van der Waals surface area contributed by atoms with E-state index in [0.29, 0.717) is 6.54 Å². The summed E-state index contributed by atoms with van der Waals surface area (Å²) in [6.45, 7) is 4.43. The second-order valence-electron chi connectivity index (χ2n) is 6.76. The van der Waals surface area contributed by atoms with Gasteiger partial charge in [-0.25, -0.2) is 13.6 Å². The molecular weight excluding hydrogens is 352 g/mol. The van der Waals surface area contributed by atoms with Gasteiger partial charge in [0.05, 0.1) is 18.1 Å². The third-order valence-corrected chi connectivity index (χ3v) is 5.77. The molecule has 0 saturated carbocycles. The number of hydrogen-bond acceptors (Lipinski definition) is 5. The minimum atomic E-state index is -3.71. The van der Waals surface area contributed by atoms with E-state index in [2.05, 4.69) is 11.8 Å². The number of aliphatic hydroxyl groups is 1. The lowest BCUT2D eigenvalue weighted by atomic mass is 10.1. The molecule has 0 fully saturated rings. The van der Waals surface area contributed by atoms with E-state index < -0.39 is 16.1 Å². The maximum Gasteiger partial charge on any atom is 0.238 e. The number of primary sulfonamides is 1. The van der Waals surface area contributed by atoms with Crippen LogP contribution >= 0.6 is 0 Å². The van der Waals surface area contributed by atoms with Crippen molar-refractivity contribution in [1.29, 1.82) is 0 Å². The van der Waals surface area contributed by atoms with Crippen molar-refractivity contribution in [2.75, 3.05) is 12.0 Å². The third kappa shape index (κ3) is 3.56. The fraction of sp³-hybridized carbons (Fsp3) is 0.368. The van der Waals surface area contributed by atoms with Gasteiger partial charge in [-0.1, -0.05) is 6.07 Å². The Morgan fingerprint density at radius 1 is 1.31 bits per heavy atom. The average molecular weight is 376 g/mol. The lowest BCUT2D eigenvalue weighted by Gasteiger charge is -2.26. The molecule has 1 heterocycles. The molecule has 2 aromatic rings. The Hall–Kier alpha value is -2.09. The first-order chi connectivity index (χ1) is 12.2. The zero-order valence-electron chi connectivity index (χ0n) is 15.1. The zero-order valence-corrected chi connectivity index (χ0v) is 16.0. The molecule has 0 spiro atoms. The van der Waals surface area contributed by atoms with Crippen LogP contribution in [0.15, 0.2) is 41.3 Å². The van der Waals surface area contributed by atoms with Crippen LogP contribution in [-0.2, 0) is 23.0 Å². The van der Waals surface area contributed by atoms with Crippen LogP contribution in [0.25, 0.3) is 0 Å². The van der Waals surface area contributed by atoms with E-state index in [-0.39, 0.29) is 10.9 Å². The molecule has 0 aliphatic carbocycles. The second-order valence-corrected chi connectivity index (χ2v) is 8.33. The van der Waals surface area contributed by atoms with Crippen LogP contribution in [0.4, 0.5) is 5.69 Å². The summed E-state index contributed by atoms with van der Waals surface area (Å²) in [5.74, 6) is 0.760. The minimum absolute atomic E-state index is 0.138. The Morgan fingerprint density at radius 2 is 2.04 bits per heavy atom. The first-order valence-corrected chi connectivity index (χ1v) is 10.0. The van der Waals surface area contributed by atoms with Gasteiger partial charge in [0.2, 0.25) is 10.0 Å². The molecule has 140 valence electrons. The van der Waals surface area contributed by atoms with Gasteiger partial charge in [0, 0.05) is 23.8 Å². The van der Waals surface area contributed by atoms with Gasteiger partial charge >= 0.3 is 0 Å². The number of benzene rings is 2. The first-order valence-electron chi connectivity index (χ1n) is 8.48. The number of nitrogens with two attached hydrogens (primary N) is 1. The Balaban J connectivity index is 1.96. The van der Waals surface area contributed by atoms with Crippen molar-refractivity contribution in [3.05, 3.63) is 53.1 Å². The van der Waals surface area contributed by atoms with Crippen LogP contribution in [0.3, 0.4) is 0 Å². The van der Waals surface area contributed by atoms with Crippen molar-refractivity contribution in [2.45, 2.75) is 43.9 Å². The number of methoxy groups -OCH3 is 1. The molecule has 2 aromatic carbocycles. The van der Waals surface area contributed by atoms with Gasteiger partial charge in [-0.3, -0.25) is 0 Å². The molecule has 3 rings (SSSR count). The molecule has 1 aliphatic heterocycles. The van der Waals surface area contributed by atoms with Crippen LogP contribution in [-0.4, -0.2) is 26.7 Å². The number of rotatable bonds is 5. The Labute approximate surface area is 154 Å². The van der Waals surface area contributed by atoms with Crippen LogP contribution in [0.5, 0.6) is 5.75 Å². The summed E-state index contributed by atoms with van der Waals surface area (Å²) in [6, 6.07) is 10.9. The fourth-order valence-electron chi connectivity index (χ4n) is 3.45. The normalized spacial score (nSPS) is 17.9. The van der Waals surface area contributed by atoms with E-state index in [4.69, 9.17) is 9.88 Å². The van der Waals surface area contributed by atoms with Crippen molar-refractivity contribution in [1.82, 2.24) is 0 Å². The number of anilines is 1. The smallest absolute Gasteiger partial charge is 0.238 e. The molecule has 2 atom stereocenters. The largest absolute Gasteiger partial charge is 0.496 e. The van der Waals surface area contributed by atoms with Gasteiger partial charge in [0.25, 0.3) is 0 Å². The van der Waals surface area contributed by atoms with Crippen molar-refractivity contribution in [2.24, 2.45) is 5.14 Å². The quantitative estimate of drug-likeness (QED) is 0.836. The van der Waals surface area contributed by atoms with Gasteiger partial charge in [0.1, 0.15) is 5.75 Å². The lowest BCUT2D eigenvalue weighted by molar-refractivity contribution is 0.199. The molecule has 3 N–H and O–H groups in total. The molecule has 0 bridgehead atoms. The van der Waals surface area contributed by atoms with Crippen molar-refractivity contribution < 1.29 is 18.3 Å². The Kier molecular flexibility index (Phi) is 4.96. The highest BCUT2D eigenvalue weighted by Gasteiger charge is 2.28. The summed E-state index contributed by atoms with van der Waals surface area (Å²) in [4.78, 5) is 2.35. The van der Waals surface area contributed by atoms with Gasteiger partial charge in [-0.15, -0.1) is 0 Å². The van der Waals surface area contributed by atoms with Gasteiger partial charge in [0.15, 0.2) is 0 Å². The molecule has 0 unspecified atom stereocenters. The van der Waals surface area contributed by atoms with Crippen molar-refractivity contribution in [3.63, 3.8) is 0 Å². The SMILES string of the molecule is COc1ccc([C@@H](C)O)cc1CN1c2ccc(S(N)(=O)=O)cc2C[C@H]1C. The number of nitrogens with zero attached hydrogens (tertiary/aromatic N) is 1. The predicted molar refractivity (Wildman–Crippen MR) is 101 cm³/mol. The summed E-state index contributed by atoms with van der Waals surface area (Å²) in [7, 11) is -2.08. The summed E-state index contributed by atoms with van der Waals surface area (Å²) < 4.78 is 28.7. The van der Waals surface area contributed by atoms with Crippen molar-refractivity contribution in [3.8, 4) is 5.75 Å². The highest BCUT2D eigenvalue weighted by molar-refractivity contribution is 7.89. The third-order valence-electron chi connectivity index (χ3n) is 4.86. The molecule has 7 heteroatoms. The molecule has 0 amide bonds. The van der Waals surface area contributed by atoms with E-state index in [1.165, 1.54) is 0 Å². The van der Waals surface area contributed by atoms with E-state index in [9.17, 15) is 13.5 Å². The molecule has 6 nitrogen and oxygen atoms in total. The standard InChI is InChI=1S/C19H24N2O4S/c1-12-8-15-10-17(26(20,23)24)5-6-18(15)21(12)11-16-9-14(13(2)22)4-7-19(16)25-3/h4-7,9-10,12-13,22H,8,11H2,1-3H3,(H2,20,23,24)/t12-,13-/m1/s1. The molecule has 0 aromatic heterocycles. The van der Waals surface area contributed by atoms with Crippen LogP contribution in [0.2, 0.25) is 0 Å². The maximum absolute atomic E-state index is 11.6. The average Bonchev–Trinajstić information content (AvgIpc) is 2.89.